The number of benzene rings is 2. The lowest BCUT2D eigenvalue weighted by molar-refractivity contribution is -0.156. The monoisotopic (exact) mass is 779 g/mol. The van der Waals surface area contributed by atoms with Crippen LogP contribution in [-0.4, -0.2) is 107 Å². The first-order chi connectivity index (χ1) is 24.5. The van der Waals surface area contributed by atoms with Crippen LogP contribution in [0.15, 0.2) is 36.4 Å². The number of aromatic hydroxyl groups is 2. The van der Waals surface area contributed by atoms with E-state index in [-0.39, 0.29) is 75.2 Å². The molecule has 13 nitrogen and oxygen atoms in total. The van der Waals surface area contributed by atoms with Crippen LogP contribution in [-0.2, 0) is 63.5 Å². The number of hydrogen-bond donors (Lipinski definition) is 3. The van der Waals surface area contributed by atoms with Gasteiger partial charge in [0.2, 0.25) is 13.3 Å². The summed E-state index contributed by atoms with van der Waals surface area (Å²) in [7, 11) is -6.43. The molecule has 0 saturated carbocycles. The molecule has 0 bridgehead atoms. The summed E-state index contributed by atoms with van der Waals surface area (Å²) in [5.74, 6) is -0.885. The first kappa shape index (κ1) is 45.8. The van der Waals surface area contributed by atoms with Crippen LogP contribution in [0, 0.1) is 0 Å². The molecule has 0 aliphatic rings. The summed E-state index contributed by atoms with van der Waals surface area (Å²) < 4.78 is 37.0. The summed E-state index contributed by atoms with van der Waals surface area (Å²) in [4.78, 5) is 53.5. The van der Waals surface area contributed by atoms with Crippen LogP contribution in [0.2, 0.25) is 0 Å². The molecule has 0 aliphatic heterocycles. The Morgan fingerprint density at radius 1 is 0.792 bits per heavy atom. The van der Waals surface area contributed by atoms with Gasteiger partial charge in [-0.3, -0.25) is 28.7 Å². The molecule has 0 heterocycles. The topological polar surface area (TPSA) is 180 Å². The second-order valence-electron chi connectivity index (χ2n) is 15.0. The second-order valence-corrected chi connectivity index (χ2v) is 21.4. The molecule has 0 saturated heterocycles. The Balaban J connectivity index is 2.28. The maximum atomic E-state index is 13.1. The van der Waals surface area contributed by atoms with Gasteiger partial charge in [0.05, 0.1) is 19.7 Å². The first-order valence-corrected chi connectivity index (χ1v) is 22.6. The zero-order valence-corrected chi connectivity index (χ0v) is 34.6. The molecule has 0 aromatic heterocycles. The molecule has 0 fully saturated rings. The Labute approximate surface area is 314 Å². The molecular weight excluding hydrogens is 720 g/mol. The molecule has 0 radical (unpaired) electrons. The highest BCUT2D eigenvalue weighted by molar-refractivity contribution is 7.78. The quantitative estimate of drug-likeness (QED) is 0.0975. The summed E-state index contributed by atoms with van der Waals surface area (Å²) >= 11 is 0. The summed E-state index contributed by atoms with van der Waals surface area (Å²) in [5, 5.41) is 24.2. The van der Waals surface area contributed by atoms with E-state index < -0.39 is 37.5 Å². The lowest BCUT2D eigenvalue weighted by atomic mass is 10.0. The van der Waals surface area contributed by atoms with Gasteiger partial charge in [0.15, 0.2) is 5.52 Å². The van der Waals surface area contributed by atoms with Crippen LogP contribution in [0.25, 0.3) is 0 Å². The number of amides is 1. The number of nitrogens with zero attached hydrogens (tertiary/aromatic N) is 2. The van der Waals surface area contributed by atoms with Gasteiger partial charge in [0.25, 0.3) is 0 Å². The number of hydrogen-bond acceptors (Lipinski definition) is 12. The third-order valence-corrected chi connectivity index (χ3v) is 14.2. The Kier molecular flexibility index (Phi) is 17.6. The maximum Gasteiger partial charge on any atom is 0.320 e. The number of carbonyl (C=O) groups excluding carboxylic acids is 4. The van der Waals surface area contributed by atoms with Crippen LogP contribution < -0.4 is 5.32 Å². The van der Waals surface area contributed by atoms with Gasteiger partial charge >= 0.3 is 5.97 Å². The van der Waals surface area contributed by atoms with E-state index >= 15 is 0 Å². The molecule has 3 N–H and O–H groups in total. The number of ether oxygens (including phenoxy) is 1. The molecule has 2 aromatic carbocycles. The van der Waals surface area contributed by atoms with E-state index in [1.54, 1.807) is 56.9 Å². The van der Waals surface area contributed by atoms with Crippen molar-refractivity contribution in [3.05, 3.63) is 58.7 Å². The number of esters is 1. The van der Waals surface area contributed by atoms with E-state index in [0.717, 1.165) is 11.1 Å². The normalized spacial score (nSPS) is 13.8. The second kappa shape index (κ2) is 20.4. The molecule has 1 amide bonds. The summed E-state index contributed by atoms with van der Waals surface area (Å²) in [6, 6.07) is 10.1. The zero-order chi connectivity index (χ0) is 40.1. The van der Waals surface area contributed by atoms with Gasteiger partial charge < -0.3 is 34.2 Å². The molecule has 15 heteroatoms. The van der Waals surface area contributed by atoms with Crippen molar-refractivity contribution in [3.63, 3.8) is 0 Å². The third kappa shape index (κ3) is 17.1. The fourth-order valence-corrected chi connectivity index (χ4v) is 11.5. The molecule has 2 rings (SSSR count). The molecule has 296 valence electrons. The van der Waals surface area contributed by atoms with Gasteiger partial charge in [-0.1, -0.05) is 24.3 Å². The average molecular weight is 780 g/mol. The van der Waals surface area contributed by atoms with Gasteiger partial charge in [-0.25, -0.2) is 0 Å². The standard InChI is InChI=1S/C38H59N3O10P2/c1-10-50-53(9,49)37(52(7,8)48)39-35(46)18-15-30-14-17-34(45)32(22-30)25-41(26-36(47)51-38(4,5)6)20-19-40(23-28(3)43)24-31-21-29(12-11-27(2)42)13-16-33(31)44/h13-14,16-17,21-22,37,44-45H,10-12,15,18-20,23-26H2,1-9H3,(H,39,46). The first-order valence-electron chi connectivity index (χ1n) is 17.8. The molecule has 2 unspecified atom stereocenters. The van der Waals surface area contributed by atoms with E-state index in [9.17, 15) is 38.5 Å². The van der Waals surface area contributed by atoms with Crippen molar-refractivity contribution in [2.75, 3.05) is 52.8 Å². The Morgan fingerprint density at radius 3 is 1.72 bits per heavy atom. The van der Waals surface area contributed by atoms with Gasteiger partial charge in [0.1, 0.15) is 35.8 Å². The average Bonchev–Trinajstić information content (AvgIpc) is 3.01. The van der Waals surface area contributed by atoms with Gasteiger partial charge in [-0.2, -0.15) is 0 Å². The van der Waals surface area contributed by atoms with E-state index in [1.165, 1.54) is 39.9 Å². The molecule has 2 atom stereocenters. The van der Waals surface area contributed by atoms with Crippen molar-refractivity contribution in [1.82, 2.24) is 15.1 Å². The molecule has 0 spiro atoms. The Morgan fingerprint density at radius 2 is 1.28 bits per heavy atom. The van der Waals surface area contributed by atoms with Crippen LogP contribution in [0.3, 0.4) is 0 Å². The Bertz CT molecular complexity index is 1680. The van der Waals surface area contributed by atoms with Crippen molar-refractivity contribution in [1.29, 1.82) is 0 Å². The van der Waals surface area contributed by atoms with Crippen LogP contribution in [0.1, 0.15) is 76.6 Å². The number of Topliss-reactive ketones (excluding diaryl/α,β-unsaturated/α-hetero) is 2. The van der Waals surface area contributed by atoms with E-state index in [2.05, 4.69) is 5.32 Å². The number of nitrogens with one attached hydrogen (secondary N) is 1. The predicted octanol–water partition coefficient (Wildman–Crippen LogP) is 5.75. The highest BCUT2D eigenvalue weighted by Gasteiger charge is 2.39. The molecule has 2 aromatic rings. The lowest BCUT2D eigenvalue weighted by Gasteiger charge is -2.29. The van der Waals surface area contributed by atoms with Gasteiger partial charge in [-0.15, -0.1) is 0 Å². The maximum absolute atomic E-state index is 13.1. The summed E-state index contributed by atoms with van der Waals surface area (Å²) in [6.07, 6.45) is 1.16. The van der Waals surface area contributed by atoms with E-state index in [0.29, 0.717) is 30.5 Å². The van der Waals surface area contributed by atoms with Crippen molar-refractivity contribution in [2.24, 2.45) is 0 Å². The minimum Gasteiger partial charge on any atom is -0.508 e. The minimum absolute atomic E-state index is 0.00271. The van der Waals surface area contributed by atoms with Crippen LogP contribution in [0.5, 0.6) is 11.5 Å². The molecule has 0 aliphatic carbocycles. The third-order valence-electron chi connectivity index (χ3n) is 8.14. The molecule has 53 heavy (non-hydrogen) atoms. The molecular formula is C38H59N3O10P2. The SMILES string of the molecule is CCOP(C)(=O)C(NC(=O)CCc1ccc(O)c(CN(CCN(CC(C)=O)Cc2cc(CCC(C)=O)ccc2O)CC(=O)OC(C)(C)C)c1)P(C)(C)=O. The predicted molar refractivity (Wildman–Crippen MR) is 207 cm³/mol. The number of phenolic OH excluding ortho intramolecular Hbond substituents is 2. The van der Waals surface area contributed by atoms with Gasteiger partial charge in [0, 0.05) is 56.8 Å². The highest BCUT2D eigenvalue weighted by atomic mass is 31.2. The fraction of sp³-hybridized carbons (Fsp3) is 0.579. The van der Waals surface area contributed by atoms with Crippen LogP contribution in [0.4, 0.5) is 0 Å². The largest absolute Gasteiger partial charge is 0.508 e. The van der Waals surface area contributed by atoms with Crippen molar-refractivity contribution < 1.29 is 47.8 Å². The minimum atomic E-state index is -3.40. The Hall–Kier alpha value is -3.34. The number of rotatable bonds is 22. The van der Waals surface area contributed by atoms with E-state index in [1.807, 2.05) is 11.0 Å². The number of ketones is 2. The number of phenols is 2. The highest BCUT2D eigenvalue weighted by Crippen LogP contribution is 2.62. The lowest BCUT2D eigenvalue weighted by Crippen LogP contribution is -2.40. The van der Waals surface area contributed by atoms with E-state index in [4.69, 9.17) is 9.26 Å². The van der Waals surface area contributed by atoms with Crippen LogP contribution >= 0.6 is 14.5 Å². The van der Waals surface area contributed by atoms with Crippen molar-refractivity contribution in [2.45, 2.75) is 91.4 Å². The number of aryl methyl sites for hydroxylation is 2. The van der Waals surface area contributed by atoms with Crippen molar-refractivity contribution in [3.8, 4) is 11.5 Å². The van der Waals surface area contributed by atoms with Gasteiger partial charge in [-0.05, 0) is 91.0 Å². The smallest absolute Gasteiger partial charge is 0.320 e. The fourth-order valence-electron chi connectivity index (χ4n) is 5.81. The zero-order valence-electron chi connectivity index (χ0n) is 32.8. The summed E-state index contributed by atoms with van der Waals surface area (Å²) in [6.45, 7) is 15.4. The summed E-state index contributed by atoms with van der Waals surface area (Å²) in [5.41, 5.74) is 0.878. The number of carbonyl (C=O) groups is 4. The van der Waals surface area contributed by atoms with Crippen molar-refractivity contribution >= 4 is 38.0 Å².